The minimum atomic E-state index is 0.446. The van der Waals surface area contributed by atoms with Gasteiger partial charge in [0.15, 0.2) is 0 Å². The SMILES string of the molecule is NCc1ccc(COI)o1. The molecule has 0 fully saturated rings. The van der Waals surface area contributed by atoms with Gasteiger partial charge in [0.1, 0.15) is 41.1 Å². The van der Waals surface area contributed by atoms with Gasteiger partial charge in [-0.3, -0.25) is 0 Å². The van der Waals surface area contributed by atoms with E-state index in [1.165, 1.54) is 0 Å². The lowest BCUT2D eigenvalue weighted by Crippen LogP contribution is -1.92. The fourth-order valence-electron chi connectivity index (χ4n) is 0.663. The molecule has 3 nitrogen and oxygen atoms in total. The van der Waals surface area contributed by atoms with Crippen molar-refractivity contribution in [3.63, 3.8) is 0 Å². The Morgan fingerprint density at radius 2 is 2.20 bits per heavy atom. The predicted molar refractivity (Wildman–Crippen MR) is 45.4 cm³/mol. The molecule has 0 bridgehead atoms. The summed E-state index contributed by atoms with van der Waals surface area (Å²) >= 11 is 1.82. The molecule has 1 heterocycles. The minimum Gasteiger partial charge on any atom is -0.462 e. The molecule has 0 amide bonds. The topological polar surface area (TPSA) is 48.4 Å². The van der Waals surface area contributed by atoms with Gasteiger partial charge in [0.2, 0.25) is 0 Å². The maximum atomic E-state index is 5.32. The molecule has 1 aromatic heterocycles. The Morgan fingerprint density at radius 3 is 2.70 bits per heavy atom. The molecular weight excluding hydrogens is 245 g/mol. The Balaban J connectivity index is 2.59. The molecule has 0 unspecified atom stereocenters. The highest BCUT2D eigenvalue weighted by atomic mass is 127. The van der Waals surface area contributed by atoms with E-state index in [4.69, 9.17) is 13.2 Å². The van der Waals surface area contributed by atoms with Crippen molar-refractivity contribution in [1.29, 1.82) is 0 Å². The number of hydrogen-bond acceptors (Lipinski definition) is 3. The van der Waals surface area contributed by atoms with E-state index >= 15 is 0 Å². The van der Waals surface area contributed by atoms with Crippen LogP contribution in [0.2, 0.25) is 0 Å². The van der Waals surface area contributed by atoms with Crippen molar-refractivity contribution in [1.82, 2.24) is 0 Å². The van der Waals surface area contributed by atoms with Crippen molar-refractivity contribution in [2.24, 2.45) is 5.73 Å². The molecule has 2 N–H and O–H groups in total. The van der Waals surface area contributed by atoms with Crippen molar-refractivity contribution < 1.29 is 7.48 Å². The summed E-state index contributed by atoms with van der Waals surface area (Å²) in [6.45, 7) is 0.946. The molecule has 0 radical (unpaired) electrons. The second kappa shape index (κ2) is 3.95. The maximum Gasteiger partial charge on any atom is 0.130 e. The number of rotatable bonds is 3. The zero-order chi connectivity index (χ0) is 7.40. The van der Waals surface area contributed by atoms with E-state index < -0.39 is 0 Å². The Kier molecular flexibility index (Phi) is 3.17. The smallest absolute Gasteiger partial charge is 0.130 e. The third-order valence-electron chi connectivity index (χ3n) is 1.12. The number of nitrogens with two attached hydrogens (primary N) is 1. The van der Waals surface area contributed by atoms with Crippen LogP contribution in [0, 0.1) is 0 Å². The lowest BCUT2D eigenvalue weighted by molar-refractivity contribution is 0.342. The first-order valence-electron chi connectivity index (χ1n) is 2.88. The van der Waals surface area contributed by atoms with Crippen LogP contribution in [0.25, 0.3) is 0 Å². The lowest BCUT2D eigenvalue weighted by Gasteiger charge is -1.90. The van der Waals surface area contributed by atoms with Crippen LogP contribution in [0.1, 0.15) is 11.5 Å². The molecule has 56 valence electrons. The molecule has 0 aliphatic heterocycles. The number of furan rings is 1. The van der Waals surface area contributed by atoms with E-state index in [2.05, 4.69) is 0 Å². The average Bonchev–Trinajstić information content (AvgIpc) is 2.37. The molecule has 0 saturated carbocycles. The highest BCUT2D eigenvalue weighted by Crippen LogP contribution is 2.09. The lowest BCUT2D eigenvalue weighted by atomic mass is 10.4. The summed E-state index contributed by atoms with van der Waals surface area (Å²) in [5.41, 5.74) is 5.32. The molecular formula is C6H8INO2. The molecule has 1 rings (SSSR count). The highest BCUT2D eigenvalue weighted by molar-refractivity contribution is 14.1. The zero-order valence-electron chi connectivity index (χ0n) is 5.34. The predicted octanol–water partition coefficient (Wildman–Crippen LogP) is 1.60. The number of hydrogen-bond donors (Lipinski definition) is 1. The van der Waals surface area contributed by atoms with Gasteiger partial charge in [0, 0.05) is 0 Å². The van der Waals surface area contributed by atoms with Crippen LogP contribution in [0.3, 0.4) is 0 Å². The van der Waals surface area contributed by atoms with Crippen molar-refractivity contribution in [2.45, 2.75) is 13.2 Å². The summed E-state index contributed by atoms with van der Waals surface area (Å²) in [5.74, 6) is 1.61. The molecule has 0 aliphatic rings. The summed E-state index contributed by atoms with van der Waals surface area (Å²) < 4.78 is 10.0. The first-order valence-corrected chi connectivity index (χ1v) is 3.76. The summed E-state index contributed by atoms with van der Waals surface area (Å²) in [6, 6.07) is 3.71. The third kappa shape index (κ3) is 1.96. The van der Waals surface area contributed by atoms with Gasteiger partial charge >= 0.3 is 0 Å². The molecule has 0 atom stereocenters. The van der Waals surface area contributed by atoms with Gasteiger partial charge in [-0.2, -0.15) is 0 Å². The van der Waals surface area contributed by atoms with Crippen molar-refractivity contribution in [3.05, 3.63) is 23.7 Å². The quantitative estimate of drug-likeness (QED) is 0.832. The highest BCUT2D eigenvalue weighted by Gasteiger charge is 1.98. The molecule has 1 aromatic rings. The Morgan fingerprint density at radius 1 is 1.50 bits per heavy atom. The van der Waals surface area contributed by atoms with Gasteiger partial charge in [-0.05, 0) is 12.1 Å². The van der Waals surface area contributed by atoms with Crippen molar-refractivity contribution in [3.8, 4) is 0 Å². The van der Waals surface area contributed by atoms with Gasteiger partial charge < -0.3 is 13.2 Å². The fraction of sp³-hybridized carbons (Fsp3) is 0.333. The normalized spacial score (nSPS) is 10.2. The van der Waals surface area contributed by atoms with Crippen LogP contribution >= 0.6 is 23.0 Å². The zero-order valence-corrected chi connectivity index (χ0v) is 7.50. The van der Waals surface area contributed by atoms with Crippen LogP contribution in [-0.4, -0.2) is 0 Å². The summed E-state index contributed by atoms with van der Waals surface area (Å²) in [7, 11) is 0. The van der Waals surface area contributed by atoms with E-state index in [0.29, 0.717) is 13.2 Å². The second-order valence-electron chi connectivity index (χ2n) is 1.83. The van der Waals surface area contributed by atoms with Gasteiger partial charge in [-0.15, -0.1) is 0 Å². The third-order valence-corrected chi connectivity index (χ3v) is 1.43. The second-order valence-corrected chi connectivity index (χ2v) is 2.45. The molecule has 0 spiro atoms. The van der Waals surface area contributed by atoms with E-state index in [1.54, 1.807) is 0 Å². The minimum absolute atomic E-state index is 0.446. The van der Waals surface area contributed by atoms with Crippen LogP contribution in [0.15, 0.2) is 16.5 Å². The summed E-state index contributed by atoms with van der Waals surface area (Å²) in [4.78, 5) is 0. The van der Waals surface area contributed by atoms with Crippen LogP contribution < -0.4 is 5.73 Å². The van der Waals surface area contributed by atoms with Crippen LogP contribution in [0.5, 0.6) is 0 Å². The van der Waals surface area contributed by atoms with Gasteiger partial charge in [-0.1, -0.05) is 0 Å². The van der Waals surface area contributed by atoms with Crippen molar-refractivity contribution in [2.75, 3.05) is 0 Å². The van der Waals surface area contributed by atoms with E-state index in [-0.39, 0.29) is 0 Å². The van der Waals surface area contributed by atoms with Crippen LogP contribution in [-0.2, 0) is 16.2 Å². The number of halogens is 1. The van der Waals surface area contributed by atoms with Gasteiger partial charge in [0.25, 0.3) is 0 Å². The molecule has 0 aromatic carbocycles. The monoisotopic (exact) mass is 253 g/mol. The maximum absolute atomic E-state index is 5.32. The summed E-state index contributed by atoms with van der Waals surface area (Å²) in [5, 5.41) is 0. The Hall–Kier alpha value is -0.0700. The van der Waals surface area contributed by atoms with Gasteiger partial charge in [0.05, 0.1) is 6.54 Å². The van der Waals surface area contributed by atoms with Crippen molar-refractivity contribution >= 4 is 23.0 Å². The molecule has 0 aliphatic carbocycles. The Labute approximate surface area is 73.2 Å². The molecule has 10 heavy (non-hydrogen) atoms. The molecule has 4 heteroatoms. The summed E-state index contributed by atoms with van der Waals surface area (Å²) in [6.07, 6.45) is 0. The van der Waals surface area contributed by atoms with E-state index in [1.807, 2.05) is 35.1 Å². The van der Waals surface area contributed by atoms with Gasteiger partial charge in [-0.25, -0.2) is 0 Å². The van der Waals surface area contributed by atoms with E-state index in [9.17, 15) is 0 Å². The fourth-order valence-corrected chi connectivity index (χ4v) is 0.970. The van der Waals surface area contributed by atoms with E-state index in [0.717, 1.165) is 11.5 Å². The Bertz CT molecular complexity index is 199. The average molecular weight is 253 g/mol. The first-order chi connectivity index (χ1) is 4.86. The largest absolute Gasteiger partial charge is 0.462 e. The standard InChI is InChI=1S/C6H8INO2/c7-9-4-6-2-1-5(3-8)10-6/h1-2H,3-4,8H2. The van der Waals surface area contributed by atoms with Crippen LogP contribution in [0.4, 0.5) is 0 Å². The first kappa shape index (κ1) is 8.03. The molecule has 0 saturated heterocycles.